The highest BCUT2D eigenvalue weighted by Crippen LogP contribution is 2.19. The average Bonchev–Trinajstić information content (AvgIpc) is 2.30. The first-order valence-electron chi connectivity index (χ1n) is 6.90. The number of benzene rings is 1. The van der Waals surface area contributed by atoms with E-state index >= 15 is 0 Å². The Morgan fingerprint density at radius 1 is 1.32 bits per heavy atom. The van der Waals surface area contributed by atoms with Crippen molar-refractivity contribution in [2.75, 3.05) is 7.05 Å². The molecule has 0 aliphatic heterocycles. The molecule has 106 valence electrons. The lowest BCUT2D eigenvalue weighted by Crippen LogP contribution is -2.31. The minimum Gasteiger partial charge on any atom is -0.341 e. The topological polar surface area (TPSA) is 46.3 Å². The Morgan fingerprint density at radius 2 is 1.95 bits per heavy atom. The number of aryl methyl sites for hydroxylation is 1. The fourth-order valence-electron chi connectivity index (χ4n) is 2.00. The third kappa shape index (κ3) is 4.67. The van der Waals surface area contributed by atoms with E-state index in [1.165, 1.54) is 16.7 Å². The van der Waals surface area contributed by atoms with E-state index in [2.05, 4.69) is 39.0 Å². The molecule has 1 aromatic carbocycles. The Hall–Kier alpha value is -1.35. The molecule has 0 spiro atoms. The van der Waals surface area contributed by atoms with E-state index in [0.29, 0.717) is 18.9 Å². The van der Waals surface area contributed by atoms with Gasteiger partial charge in [0.05, 0.1) is 0 Å². The normalized spacial score (nSPS) is 12.6. The van der Waals surface area contributed by atoms with Crippen molar-refractivity contribution in [2.45, 2.75) is 52.6 Å². The number of carbonyl (C=O) groups is 1. The highest BCUT2D eigenvalue weighted by molar-refractivity contribution is 5.76. The van der Waals surface area contributed by atoms with Crippen LogP contribution in [0.4, 0.5) is 0 Å². The molecule has 1 unspecified atom stereocenters. The molecule has 1 amide bonds. The van der Waals surface area contributed by atoms with E-state index in [1.54, 1.807) is 4.90 Å². The van der Waals surface area contributed by atoms with E-state index in [1.807, 2.05) is 14.0 Å². The molecule has 3 nitrogen and oxygen atoms in total. The predicted molar refractivity (Wildman–Crippen MR) is 80.0 cm³/mol. The smallest absolute Gasteiger partial charge is 0.224 e. The fraction of sp³-hybridized carbons (Fsp3) is 0.562. The van der Waals surface area contributed by atoms with Crippen molar-refractivity contribution in [3.63, 3.8) is 0 Å². The Bertz CT molecular complexity index is 438. The van der Waals surface area contributed by atoms with Gasteiger partial charge in [0.15, 0.2) is 0 Å². The van der Waals surface area contributed by atoms with E-state index in [9.17, 15) is 4.79 Å². The molecule has 0 aliphatic carbocycles. The van der Waals surface area contributed by atoms with Crippen molar-refractivity contribution >= 4 is 5.91 Å². The summed E-state index contributed by atoms with van der Waals surface area (Å²) in [5, 5.41) is 0. The predicted octanol–water partition coefficient (Wildman–Crippen LogP) is 2.81. The van der Waals surface area contributed by atoms with Crippen LogP contribution < -0.4 is 5.73 Å². The zero-order valence-electron chi connectivity index (χ0n) is 12.7. The van der Waals surface area contributed by atoms with Crippen molar-refractivity contribution < 1.29 is 4.79 Å². The van der Waals surface area contributed by atoms with Gasteiger partial charge < -0.3 is 10.6 Å². The number of hydrogen-bond donors (Lipinski definition) is 1. The van der Waals surface area contributed by atoms with Crippen LogP contribution in [-0.2, 0) is 11.3 Å². The summed E-state index contributed by atoms with van der Waals surface area (Å²) in [4.78, 5) is 13.7. The molecule has 0 aliphatic rings. The molecule has 0 bridgehead atoms. The highest BCUT2D eigenvalue weighted by Gasteiger charge is 2.13. The quantitative estimate of drug-likeness (QED) is 0.887. The van der Waals surface area contributed by atoms with Gasteiger partial charge in [0.1, 0.15) is 0 Å². The van der Waals surface area contributed by atoms with E-state index < -0.39 is 0 Å². The maximum absolute atomic E-state index is 11.9. The number of hydrogen-bond acceptors (Lipinski definition) is 2. The molecule has 0 saturated heterocycles. The van der Waals surface area contributed by atoms with Gasteiger partial charge in [-0.05, 0) is 36.5 Å². The molecule has 0 saturated carbocycles. The lowest BCUT2D eigenvalue weighted by atomic mass is 9.97. The summed E-state index contributed by atoms with van der Waals surface area (Å²) in [5.74, 6) is 0.605. The van der Waals surface area contributed by atoms with Crippen LogP contribution in [0.1, 0.15) is 49.8 Å². The summed E-state index contributed by atoms with van der Waals surface area (Å²) in [6, 6.07) is 6.41. The number of nitrogens with zero attached hydrogens (tertiary/aromatic N) is 1. The first-order valence-corrected chi connectivity index (χ1v) is 6.90. The van der Waals surface area contributed by atoms with E-state index in [-0.39, 0.29) is 11.9 Å². The maximum atomic E-state index is 11.9. The summed E-state index contributed by atoms with van der Waals surface area (Å²) in [6.45, 7) is 8.95. The van der Waals surface area contributed by atoms with Crippen LogP contribution in [-0.4, -0.2) is 23.9 Å². The maximum Gasteiger partial charge on any atom is 0.224 e. The second-order valence-corrected chi connectivity index (χ2v) is 5.77. The first-order chi connectivity index (χ1) is 8.81. The van der Waals surface area contributed by atoms with Crippen LogP contribution in [0.15, 0.2) is 18.2 Å². The standard InChI is InChI=1S/C16H26N2O/c1-11(2)14-7-6-12(3)15(9-14)10-18(5)16(19)8-13(4)17/h6-7,9,11,13H,8,10,17H2,1-5H3. The molecule has 1 rings (SSSR count). The lowest BCUT2D eigenvalue weighted by Gasteiger charge is -2.20. The Morgan fingerprint density at radius 3 is 2.47 bits per heavy atom. The summed E-state index contributed by atoms with van der Waals surface area (Å²) >= 11 is 0. The second kappa shape index (κ2) is 6.71. The Labute approximate surface area is 116 Å². The number of rotatable bonds is 5. The van der Waals surface area contributed by atoms with Gasteiger partial charge in [-0.2, -0.15) is 0 Å². The number of nitrogens with two attached hydrogens (primary N) is 1. The van der Waals surface area contributed by atoms with Gasteiger partial charge >= 0.3 is 0 Å². The summed E-state index contributed by atoms with van der Waals surface area (Å²) in [7, 11) is 1.84. The van der Waals surface area contributed by atoms with E-state index in [4.69, 9.17) is 5.73 Å². The third-order valence-electron chi connectivity index (χ3n) is 3.37. The lowest BCUT2D eigenvalue weighted by molar-refractivity contribution is -0.130. The fourth-order valence-corrected chi connectivity index (χ4v) is 2.00. The largest absolute Gasteiger partial charge is 0.341 e. The van der Waals surface area contributed by atoms with Crippen LogP contribution in [0, 0.1) is 6.92 Å². The highest BCUT2D eigenvalue weighted by atomic mass is 16.2. The summed E-state index contributed by atoms with van der Waals surface area (Å²) < 4.78 is 0. The van der Waals surface area contributed by atoms with Crippen molar-refractivity contribution in [1.82, 2.24) is 4.90 Å². The molecule has 2 N–H and O–H groups in total. The molecule has 1 aromatic rings. The van der Waals surface area contributed by atoms with Crippen LogP contribution in [0.5, 0.6) is 0 Å². The Kier molecular flexibility index (Phi) is 5.55. The van der Waals surface area contributed by atoms with Crippen molar-refractivity contribution in [2.24, 2.45) is 5.73 Å². The van der Waals surface area contributed by atoms with Gasteiger partial charge in [0, 0.05) is 26.1 Å². The van der Waals surface area contributed by atoms with Gasteiger partial charge in [0.25, 0.3) is 0 Å². The van der Waals surface area contributed by atoms with Crippen LogP contribution in [0.3, 0.4) is 0 Å². The first kappa shape index (κ1) is 15.7. The number of carbonyl (C=O) groups excluding carboxylic acids is 1. The minimum absolute atomic E-state index is 0.0851. The van der Waals surface area contributed by atoms with Crippen molar-refractivity contribution in [1.29, 1.82) is 0 Å². The van der Waals surface area contributed by atoms with Gasteiger partial charge in [0.2, 0.25) is 5.91 Å². The zero-order chi connectivity index (χ0) is 14.6. The molecule has 3 heteroatoms. The van der Waals surface area contributed by atoms with Gasteiger partial charge in [-0.3, -0.25) is 4.79 Å². The molecule has 0 radical (unpaired) electrons. The average molecular weight is 262 g/mol. The van der Waals surface area contributed by atoms with Gasteiger partial charge in [-0.15, -0.1) is 0 Å². The number of amides is 1. The SMILES string of the molecule is Cc1ccc(C(C)C)cc1CN(C)C(=O)CC(C)N. The molecule has 0 heterocycles. The van der Waals surface area contributed by atoms with Gasteiger partial charge in [-0.1, -0.05) is 32.0 Å². The molecular weight excluding hydrogens is 236 g/mol. The molecule has 19 heavy (non-hydrogen) atoms. The van der Waals surface area contributed by atoms with E-state index in [0.717, 1.165) is 0 Å². The summed E-state index contributed by atoms with van der Waals surface area (Å²) in [5.41, 5.74) is 9.43. The van der Waals surface area contributed by atoms with Crippen molar-refractivity contribution in [3.8, 4) is 0 Å². The van der Waals surface area contributed by atoms with Gasteiger partial charge in [-0.25, -0.2) is 0 Å². The monoisotopic (exact) mass is 262 g/mol. The molecule has 1 atom stereocenters. The minimum atomic E-state index is -0.0851. The van der Waals surface area contributed by atoms with Crippen LogP contribution in [0.25, 0.3) is 0 Å². The molecular formula is C16H26N2O. The summed E-state index contributed by atoms with van der Waals surface area (Å²) in [6.07, 6.45) is 0.402. The van der Waals surface area contributed by atoms with Crippen molar-refractivity contribution in [3.05, 3.63) is 34.9 Å². The third-order valence-corrected chi connectivity index (χ3v) is 3.37. The van der Waals surface area contributed by atoms with Crippen LogP contribution >= 0.6 is 0 Å². The molecule has 0 aromatic heterocycles. The Balaban J connectivity index is 2.81. The second-order valence-electron chi connectivity index (χ2n) is 5.77. The zero-order valence-corrected chi connectivity index (χ0v) is 12.7. The van der Waals surface area contributed by atoms with Crippen LogP contribution in [0.2, 0.25) is 0 Å². The molecule has 0 fully saturated rings.